The van der Waals surface area contributed by atoms with Gasteiger partial charge in [0, 0.05) is 6.42 Å². The Morgan fingerprint density at radius 1 is 0.814 bits per heavy atom. The summed E-state index contributed by atoms with van der Waals surface area (Å²) < 4.78 is 21.8. The van der Waals surface area contributed by atoms with Gasteiger partial charge < -0.3 is 18.9 Å². The van der Waals surface area contributed by atoms with Crippen molar-refractivity contribution in [1.82, 2.24) is 10.0 Å². The lowest BCUT2D eigenvalue weighted by atomic mass is 9.85. The van der Waals surface area contributed by atoms with Crippen molar-refractivity contribution in [3.63, 3.8) is 0 Å². The van der Waals surface area contributed by atoms with E-state index in [-0.39, 0.29) is 26.2 Å². The molecular weight excluding hydrogens is 552 g/mol. The van der Waals surface area contributed by atoms with E-state index in [9.17, 15) is 19.2 Å². The van der Waals surface area contributed by atoms with Gasteiger partial charge in [0.25, 0.3) is 0 Å². The maximum absolute atomic E-state index is 13.9. The second-order valence-corrected chi connectivity index (χ2v) is 9.85. The molecule has 1 fully saturated rings. The number of ketones is 1. The number of Topliss-reactive ketones (excluding diaryl/α,β-unsaturated/α-hetero) is 1. The predicted molar refractivity (Wildman–Crippen MR) is 157 cm³/mol. The predicted octanol–water partition coefficient (Wildman–Crippen LogP) is 5.56. The topological polar surface area (TPSA) is 112 Å². The molecular formula is C33H34N2O8. The highest BCUT2D eigenvalue weighted by atomic mass is 16.6. The van der Waals surface area contributed by atoms with Crippen molar-refractivity contribution in [2.75, 3.05) is 13.7 Å². The third-order valence-electron chi connectivity index (χ3n) is 7.19. The Balaban J connectivity index is 1.79. The first kappa shape index (κ1) is 30.8. The van der Waals surface area contributed by atoms with Gasteiger partial charge in [0.2, 0.25) is 5.54 Å². The van der Waals surface area contributed by atoms with E-state index in [0.717, 1.165) is 10.0 Å². The van der Waals surface area contributed by atoms with Gasteiger partial charge in [-0.05, 0) is 48.2 Å². The molecule has 0 bridgehead atoms. The van der Waals surface area contributed by atoms with E-state index in [1.54, 1.807) is 79.7 Å². The van der Waals surface area contributed by atoms with Crippen molar-refractivity contribution < 1.29 is 38.1 Å². The van der Waals surface area contributed by atoms with Crippen LogP contribution in [0.3, 0.4) is 0 Å². The van der Waals surface area contributed by atoms with Gasteiger partial charge in [0.1, 0.15) is 19.0 Å². The van der Waals surface area contributed by atoms with Crippen LogP contribution < -0.4 is 4.74 Å². The highest BCUT2D eigenvalue weighted by Crippen LogP contribution is 2.42. The average Bonchev–Trinajstić information content (AvgIpc) is 3.41. The normalized spacial score (nSPS) is 17.6. The number of benzene rings is 3. The molecule has 2 atom stereocenters. The van der Waals surface area contributed by atoms with Crippen LogP contribution in [0.4, 0.5) is 9.59 Å². The largest absolute Gasteiger partial charge is 0.497 e. The second-order valence-electron chi connectivity index (χ2n) is 9.85. The Kier molecular flexibility index (Phi) is 9.82. The van der Waals surface area contributed by atoms with Gasteiger partial charge in [-0.15, -0.1) is 0 Å². The summed E-state index contributed by atoms with van der Waals surface area (Å²) in [4.78, 5) is 54.8. The number of esters is 1. The monoisotopic (exact) mass is 586 g/mol. The van der Waals surface area contributed by atoms with Crippen LogP contribution in [-0.4, -0.2) is 59.3 Å². The molecule has 1 saturated heterocycles. The zero-order chi connectivity index (χ0) is 31.0. The summed E-state index contributed by atoms with van der Waals surface area (Å²) in [5.74, 6) is -1.11. The van der Waals surface area contributed by atoms with Crippen molar-refractivity contribution in [2.45, 2.75) is 45.1 Å². The first-order valence-corrected chi connectivity index (χ1v) is 13.7. The summed E-state index contributed by atoms with van der Waals surface area (Å²) >= 11 is 0. The fourth-order valence-corrected chi connectivity index (χ4v) is 4.92. The van der Waals surface area contributed by atoms with Crippen LogP contribution >= 0.6 is 0 Å². The highest BCUT2D eigenvalue weighted by Gasteiger charge is 2.65. The minimum absolute atomic E-state index is 0.0662. The van der Waals surface area contributed by atoms with Gasteiger partial charge in [-0.25, -0.2) is 19.4 Å². The van der Waals surface area contributed by atoms with E-state index in [2.05, 4.69) is 6.58 Å². The van der Waals surface area contributed by atoms with Crippen LogP contribution in [0, 0.1) is 0 Å². The molecule has 10 heteroatoms. The lowest BCUT2D eigenvalue weighted by molar-refractivity contribution is -0.165. The summed E-state index contributed by atoms with van der Waals surface area (Å²) in [7, 11) is 1.53. The second kappa shape index (κ2) is 13.7. The molecule has 224 valence electrons. The molecule has 43 heavy (non-hydrogen) atoms. The molecule has 0 radical (unpaired) electrons. The Labute approximate surface area is 250 Å². The maximum atomic E-state index is 13.9. The summed E-state index contributed by atoms with van der Waals surface area (Å²) in [6, 6.07) is 23.6. The number of carbonyl (C=O) groups is 4. The standard InChI is InChI=1S/C33H34N2O8/c1-5-41-30(37)33(24(3)36)20-29(23(2)27-16-18-28(40-4)19-17-27)34(31(38)42-21-25-12-8-6-9-13-25)35(33)32(39)43-22-26-14-10-7-11-15-26/h6-19,29H,2,5,20-22H2,1,3-4H3/t29-,33+/m0/s1. The van der Waals surface area contributed by atoms with E-state index >= 15 is 0 Å². The number of hydrazine groups is 1. The lowest BCUT2D eigenvalue weighted by Gasteiger charge is -2.37. The number of methoxy groups -OCH3 is 1. The minimum atomic E-state index is -2.23. The molecule has 0 aromatic heterocycles. The van der Waals surface area contributed by atoms with E-state index in [1.165, 1.54) is 14.0 Å². The van der Waals surface area contributed by atoms with Crippen LogP contribution in [0.2, 0.25) is 0 Å². The minimum Gasteiger partial charge on any atom is -0.497 e. The molecule has 1 aliphatic rings. The molecule has 0 aliphatic carbocycles. The Morgan fingerprint density at radius 3 is 1.84 bits per heavy atom. The van der Waals surface area contributed by atoms with Crippen molar-refractivity contribution in [3.05, 3.63) is 108 Å². The number of hydrogen-bond acceptors (Lipinski definition) is 8. The van der Waals surface area contributed by atoms with E-state index in [4.69, 9.17) is 18.9 Å². The summed E-state index contributed by atoms with van der Waals surface area (Å²) in [5.41, 5.74) is 0.0781. The molecule has 10 nitrogen and oxygen atoms in total. The molecule has 0 N–H and O–H groups in total. The Hall–Kier alpha value is -5.12. The fourth-order valence-electron chi connectivity index (χ4n) is 4.92. The number of ether oxygens (including phenoxy) is 4. The molecule has 4 rings (SSSR count). The highest BCUT2D eigenvalue weighted by molar-refractivity contribution is 6.11. The molecule has 1 aliphatic heterocycles. The number of nitrogens with zero attached hydrogens (tertiary/aromatic N) is 2. The SMILES string of the molecule is C=C(c1ccc(OC)cc1)[C@@H]1C[C@@](C(C)=O)(C(=O)OCC)N(C(=O)OCc2ccccc2)N1C(=O)OCc1ccccc1. The quantitative estimate of drug-likeness (QED) is 0.172. The Morgan fingerprint density at radius 2 is 1.35 bits per heavy atom. The van der Waals surface area contributed by atoms with Gasteiger partial charge in [0.15, 0.2) is 5.78 Å². The van der Waals surface area contributed by atoms with E-state index in [1.807, 2.05) is 12.1 Å². The molecule has 3 aromatic rings. The third kappa shape index (κ3) is 6.53. The molecule has 3 aromatic carbocycles. The fraction of sp³-hybridized carbons (Fsp3) is 0.273. The van der Waals surface area contributed by atoms with Crippen molar-refractivity contribution >= 4 is 29.5 Å². The zero-order valence-corrected chi connectivity index (χ0v) is 24.4. The van der Waals surface area contributed by atoms with E-state index < -0.39 is 35.5 Å². The molecule has 1 heterocycles. The van der Waals surface area contributed by atoms with Crippen LogP contribution in [0.15, 0.2) is 91.5 Å². The maximum Gasteiger partial charge on any atom is 0.430 e. The number of carbonyl (C=O) groups excluding carboxylic acids is 4. The number of amides is 2. The van der Waals surface area contributed by atoms with Crippen LogP contribution in [-0.2, 0) is 37.0 Å². The average molecular weight is 587 g/mol. The molecule has 2 amide bonds. The number of hydrogen-bond donors (Lipinski definition) is 0. The summed E-state index contributed by atoms with van der Waals surface area (Å²) in [6.07, 6.45) is -2.41. The van der Waals surface area contributed by atoms with Gasteiger partial charge >= 0.3 is 18.2 Å². The van der Waals surface area contributed by atoms with Gasteiger partial charge in [-0.3, -0.25) is 4.79 Å². The van der Waals surface area contributed by atoms with Crippen LogP contribution in [0.1, 0.15) is 37.0 Å². The third-order valence-corrected chi connectivity index (χ3v) is 7.19. The van der Waals surface area contributed by atoms with Gasteiger partial charge in [-0.1, -0.05) is 79.4 Å². The van der Waals surface area contributed by atoms with Crippen molar-refractivity contribution in [1.29, 1.82) is 0 Å². The first-order chi connectivity index (χ1) is 20.7. The van der Waals surface area contributed by atoms with Crippen molar-refractivity contribution in [3.8, 4) is 5.75 Å². The van der Waals surface area contributed by atoms with Gasteiger partial charge in [0.05, 0.1) is 19.8 Å². The first-order valence-electron chi connectivity index (χ1n) is 13.7. The van der Waals surface area contributed by atoms with Crippen molar-refractivity contribution in [2.24, 2.45) is 0 Å². The zero-order valence-electron chi connectivity index (χ0n) is 24.4. The summed E-state index contributed by atoms with van der Waals surface area (Å²) in [6.45, 7) is 6.58. The van der Waals surface area contributed by atoms with E-state index in [0.29, 0.717) is 28.0 Å². The number of rotatable bonds is 10. The van der Waals surface area contributed by atoms with Crippen LogP contribution in [0.5, 0.6) is 5.75 Å². The van der Waals surface area contributed by atoms with Gasteiger partial charge in [-0.2, -0.15) is 5.01 Å². The molecule has 0 saturated carbocycles. The lowest BCUT2D eigenvalue weighted by Crippen LogP contribution is -2.63. The molecule has 0 spiro atoms. The Bertz CT molecular complexity index is 1460. The molecule has 0 unspecified atom stereocenters. The summed E-state index contributed by atoms with van der Waals surface area (Å²) in [5, 5.41) is 1.68. The smallest absolute Gasteiger partial charge is 0.430 e. The van der Waals surface area contributed by atoms with Crippen LogP contribution in [0.25, 0.3) is 5.57 Å².